The van der Waals surface area contributed by atoms with Gasteiger partial charge in [-0.25, -0.2) is 0 Å². The van der Waals surface area contributed by atoms with Crippen molar-refractivity contribution in [2.24, 2.45) is 0 Å². The first-order chi connectivity index (χ1) is 13.5. The summed E-state index contributed by atoms with van der Waals surface area (Å²) < 4.78 is 11.1. The van der Waals surface area contributed by atoms with Crippen LogP contribution >= 0.6 is 11.6 Å². The van der Waals surface area contributed by atoms with Gasteiger partial charge < -0.3 is 19.7 Å². The minimum Gasteiger partial charge on any atom is -0.482 e. The summed E-state index contributed by atoms with van der Waals surface area (Å²) in [6.45, 7) is 4.26. The van der Waals surface area contributed by atoms with Crippen LogP contribution in [0.25, 0.3) is 0 Å². The third-order valence-electron chi connectivity index (χ3n) is 4.38. The molecule has 28 heavy (non-hydrogen) atoms. The van der Waals surface area contributed by atoms with Gasteiger partial charge in [0.15, 0.2) is 12.7 Å². The zero-order valence-corrected chi connectivity index (χ0v) is 16.7. The molecular weight excluding hydrogens is 380 g/mol. The number of rotatable bonds is 7. The number of unbranched alkanes of at least 4 members (excludes halogenated alkanes) is 1. The number of carbonyl (C=O) groups is 2. The lowest BCUT2D eigenvalue weighted by atomic mass is 10.1. The quantitative estimate of drug-likeness (QED) is 0.750. The van der Waals surface area contributed by atoms with Gasteiger partial charge >= 0.3 is 0 Å². The van der Waals surface area contributed by atoms with Gasteiger partial charge in [-0.3, -0.25) is 9.59 Å². The molecule has 0 fully saturated rings. The lowest BCUT2D eigenvalue weighted by Gasteiger charge is -2.33. The first kappa shape index (κ1) is 20.0. The van der Waals surface area contributed by atoms with Crippen molar-refractivity contribution < 1.29 is 19.1 Å². The van der Waals surface area contributed by atoms with E-state index in [9.17, 15) is 9.59 Å². The maximum Gasteiger partial charge on any atom is 0.267 e. The van der Waals surface area contributed by atoms with Crippen molar-refractivity contribution in [3.63, 3.8) is 0 Å². The second kappa shape index (κ2) is 8.97. The zero-order chi connectivity index (χ0) is 20.1. The fourth-order valence-electron chi connectivity index (χ4n) is 2.93. The molecule has 1 aliphatic rings. The normalized spacial score (nSPS) is 15.6. The molecule has 1 aliphatic heterocycles. The molecule has 1 heterocycles. The average molecular weight is 403 g/mol. The van der Waals surface area contributed by atoms with Crippen LogP contribution in [-0.4, -0.2) is 31.1 Å². The van der Waals surface area contributed by atoms with E-state index in [2.05, 4.69) is 12.2 Å². The molecule has 0 bridgehead atoms. The molecule has 0 spiro atoms. The van der Waals surface area contributed by atoms with Crippen LogP contribution in [0.3, 0.4) is 0 Å². The van der Waals surface area contributed by atoms with Crippen LogP contribution in [0.15, 0.2) is 42.5 Å². The highest BCUT2D eigenvalue weighted by Crippen LogP contribution is 2.36. The minimum absolute atomic E-state index is 0.0773. The summed E-state index contributed by atoms with van der Waals surface area (Å²) in [6.07, 6.45) is 1.35. The van der Waals surface area contributed by atoms with E-state index >= 15 is 0 Å². The number of benzene rings is 2. The van der Waals surface area contributed by atoms with E-state index in [1.807, 2.05) is 0 Å². The highest BCUT2D eigenvalue weighted by molar-refractivity contribution is 6.32. The van der Waals surface area contributed by atoms with E-state index in [4.69, 9.17) is 21.1 Å². The molecule has 2 aromatic carbocycles. The molecule has 2 amide bonds. The van der Waals surface area contributed by atoms with Crippen molar-refractivity contribution in [1.82, 2.24) is 0 Å². The first-order valence-corrected chi connectivity index (χ1v) is 9.66. The molecule has 1 unspecified atom stereocenters. The van der Waals surface area contributed by atoms with Crippen molar-refractivity contribution >= 4 is 34.8 Å². The maximum absolute atomic E-state index is 12.5. The molecule has 0 aromatic heterocycles. The number of ether oxygens (including phenoxy) is 2. The summed E-state index contributed by atoms with van der Waals surface area (Å²) in [5.74, 6) is 0.680. The molecule has 6 nitrogen and oxygen atoms in total. The van der Waals surface area contributed by atoms with Gasteiger partial charge in [0.2, 0.25) is 0 Å². The summed E-state index contributed by atoms with van der Waals surface area (Å²) >= 11 is 6.02. The molecule has 2 aromatic rings. The highest BCUT2D eigenvalue weighted by atomic mass is 35.5. The van der Waals surface area contributed by atoms with Gasteiger partial charge in [0, 0.05) is 12.2 Å². The smallest absolute Gasteiger partial charge is 0.267 e. The molecule has 0 aliphatic carbocycles. The van der Waals surface area contributed by atoms with Gasteiger partial charge in [0.25, 0.3) is 11.8 Å². The fraction of sp³-hybridized carbons (Fsp3) is 0.333. The Morgan fingerprint density at radius 2 is 2.07 bits per heavy atom. The Kier molecular flexibility index (Phi) is 6.41. The Labute approximate surface area is 169 Å². The molecule has 7 heteroatoms. The van der Waals surface area contributed by atoms with Crippen molar-refractivity contribution in [3.05, 3.63) is 47.5 Å². The fourth-order valence-corrected chi connectivity index (χ4v) is 3.12. The van der Waals surface area contributed by atoms with Crippen LogP contribution in [0.2, 0.25) is 5.02 Å². The minimum atomic E-state index is -0.520. The van der Waals surface area contributed by atoms with E-state index in [0.717, 1.165) is 12.8 Å². The average Bonchev–Trinajstić information content (AvgIpc) is 2.68. The number of hydrogen-bond acceptors (Lipinski definition) is 4. The number of halogens is 1. The third-order valence-corrected chi connectivity index (χ3v) is 4.69. The molecule has 1 N–H and O–H groups in total. The second-order valence-corrected chi connectivity index (χ2v) is 6.96. The standard InChI is InChI=1S/C21H23ClN2O4/c1-3-4-11-24-17-12-15(9-10-19(17)28-14(2)21(24)26)23-20(25)13-27-18-8-6-5-7-16(18)22/h5-10,12,14H,3-4,11,13H2,1-2H3,(H,23,25). The molecule has 1 atom stereocenters. The van der Waals surface area contributed by atoms with Gasteiger partial charge in [0.1, 0.15) is 11.5 Å². The first-order valence-electron chi connectivity index (χ1n) is 9.29. The number of carbonyl (C=O) groups excluding carboxylic acids is 2. The summed E-state index contributed by atoms with van der Waals surface area (Å²) in [6, 6.07) is 12.2. The number of anilines is 2. The Hall–Kier alpha value is -2.73. The van der Waals surface area contributed by atoms with Gasteiger partial charge in [-0.2, -0.15) is 0 Å². The molecule has 0 saturated carbocycles. The van der Waals surface area contributed by atoms with Crippen molar-refractivity contribution in [1.29, 1.82) is 0 Å². The van der Waals surface area contributed by atoms with Crippen LogP contribution in [0.4, 0.5) is 11.4 Å². The maximum atomic E-state index is 12.5. The Balaban J connectivity index is 1.70. The van der Waals surface area contributed by atoms with Gasteiger partial charge in [0.05, 0.1) is 10.7 Å². The summed E-state index contributed by atoms with van der Waals surface area (Å²) in [5.41, 5.74) is 1.24. The number of amides is 2. The molecule has 0 radical (unpaired) electrons. The largest absolute Gasteiger partial charge is 0.482 e. The van der Waals surface area contributed by atoms with Crippen LogP contribution in [0.5, 0.6) is 11.5 Å². The molecule has 3 rings (SSSR count). The van der Waals surface area contributed by atoms with Crippen LogP contribution in [0, 0.1) is 0 Å². The number of para-hydroxylation sites is 1. The molecule has 148 valence electrons. The molecule has 0 saturated heterocycles. The monoisotopic (exact) mass is 402 g/mol. The van der Waals surface area contributed by atoms with Crippen molar-refractivity contribution in [3.8, 4) is 11.5 Å². The van der Waals surface area contributed by atoms with Crippen molar-refractivity contribution in [2.75, 3.05) is 23.4 Å². The van der Waals surface area contributed by atoms with Gasteiger partial charge in [-0.05, 0) is 43.7 Å². The third kappa shape index (κ3) is 4.57. The van der Waals surface area contributed by atoms with E-state index < -0.39 is 6.10 Å². The Morgan fingerprint density at radius 1 is 1.29 bits per heavy atom. The number of nitrogens with zero attached hydrogens (tertiary/aromatic N) is 1. The van der Waals surface area contributed by atoms with Crippen LogP contribution < -0.4 is 19.7 Å². The summed E-state index contributed by atoms with van der Waals surface area (Å²) in [4.78, 5) is 26.5. The predicted molar refractivity (Wildman–Crippen MR) is 109 cm³/mol. The number of fused-ring (bicyclic) bond motifs is 1. The second-order valence-electron chi connectivity index (χ2n) is 6.55. The lowest BCUT2D eigenvalue weighted by Crippen LogP contribution is -2.44. The topological polar surface area (TPSA) is 67.9 Å². The van der Waals surface area contributed by atoms with Gasteiger partial charge in [-0.1, -0.05) is 37.1 Å². The van der Waals surface area contributed by atoms with E-state index in [1.54, 1.807) is 54.3 Å². The Bertz CT molecular complexity index is 871. The zero-order valence-electron chi connectivity index (χ0n) is 15.9. The molecular formula is C21H23ClN2O4. The van der Waals surface area contributed by atoms with E-state index in [1.165, 1.54) is 0 Å². The van der Waals surface area contributed by atoms with E-state index in [-0.39, 0.29) is 18.4 Å². The summed E-state index contributed by atoms with van der Waals surface area (Å²) in [5, 5.41) is 3.23. The van der Waals surface area contributed by atoms with Gasteiger partial charge in [-0.15, -0.1) is 0 Å². The summed E-state index contributed by atoms with van der Waals surface area (Å²) in [7, 11) is 0. The van der Waals surface area contributed by atoms with E-state index in [0.29, 0.717) is 34.4 Å². The SMILES string of the molecule is CCCCN1C(=O)C(C)Oc2ccc(NC(=O)COc3ccccc3Cl)cc21. The van der Waals surface area contributed by atoms with Crippen LogP contribution in [0.1, 0.15) is 26.7 Å². The van der Waals surface area contributed by atoms with Crippen LogP contribution in [-0.2, 0) is 9.59 Å². The Morgan fingerprint density at radius 3 is 2.82 bits per heavy atom. The number of hydrogen-bond donors (Lipinski definition) is 1. The predicted octanol–water partition coefficient (Wildman–Crippen LogP) is 4.27. The lowest BCUT2D eigenvalue weighted by molar-refractivity contribution is -0.125. The van der Waals surface area contributed by atoms with Crippen molar-refractivity contribution in [2.45, 2.75) is 32.8 Å². The highest BCUT2D eigenvalue weighted by Gasteiger charge is 2.31. The number of nitrogens with one attached hydrogen (secondary N) is 1.